The van der Waals surface area contributed by atoms with Crippen molar-refractivity contribution in [3.63, 3.8) is 0 Å². The SMILES string of the molecule is Nc1ccc(CSc2ncccc2Cl)c(Cl)c1. The van der Waals surface area contributed by atoms with Gasteiger partial charge >= 0.3 is 0 Å². The van der Waals surface area contributed by atoms with Crippen LogP contribution in [0.25, 0.3) is 0 Å². The highest BCUT2D eigenvalue weighted by molar-refractivity contribution is 7.98. The van der Waals surface area contributed by atoms with Crippen molar-refractivity contribution in [1.29, 1.82) is 0 Å². The summed E-state index contributed by atoms with van der Waals surface area (Å²) >= 11 is 13.7. The number of aromatic nitrogens is 1. The third-order valence-corrected chi connectivity index (χ3v) is 3.99. The summed E-state index contributed by atoms with van der Waals surface area (Å²) in [6.07, 6.45) is 1.72. The van der Waals surface area contributed by atoms with Crippen molar-refractivity contribution in [2.24, 2.45) is 0 Å². The Kier molecular flexibility index (Phi) is 4.15. The summed E-state index contributed by atoms with van der Waals surface area (Å²) in [5, 5.41) is 2.13. The number of nitrogens with zero attached hydrogens (tertiary/aromatic N) is 1. The van der Waals surface area contributed by atoms with E-state index in [2.05, 4.69) is 4.98 Å². The fourth-order valence-corrected chi connectivity index (χ4v) is 2.81. The Morgan fingerprint density at radius 1 is 1.18 bits per heavy atom. The molecule has 0 saturated heterocycles. The smallest absolute Gasteiger partial charge is 0.115 e. The monoisotopic (exact) mass is 284 g/mol. The quantitative estimate of drug-likeness (QED) is 0.676. The average Bonchev–Trinajstić information content (AvgIpc) is 2.30. The summed E-state index contributed by atoms with van der Waals surface area (Å²) < 4.78 is 0. The molecule has 0 amide bonds. The molecule has 1 heterocycles. The van der Waals surface area contributed by atoms with Gasteiger partial charge in [-0.2, -0.15) is 0 Å². The van der Waals surface area contributed by atoms with E-state index in [9.17, 15) is 0 Å². The van der Waals surface area contributed by atoms with Crippen molar-refractivity contribution >= 4 is 40.7 Å². The van der Waals surface area contributed by atoms with Crippen LogP contribution in [0.4, 0.5) is 5.69 Å². The van der Waals surface area contributed by atoms with E-state index in [1.54, 1.807) is 24.0 Å². The zero-order valence-corrected chi connectivity index (χ0v) is 11.2. The Morgan fingerprint density at radius 3 is 2.71 bits per heavy atom. The predicted octanol–water partition coefficient (Wildman–Crippen LogP) is 4.26. The van der Waals surface area contributed by atoms with E-state index in [1.807, 2.05) is 24.3 Å². The lowest BCUT2D eigenvalue weighted by atomic mass is 10.2. The number of thioether (sulfide) groups is 1. The number of pyridine rings is 1. The van der Waals surface area contributed by atoms with E-state index in [1.165, 1.54) is 0 Å². The van der Waals surface area contributed by atoms with E-state index in [-0.39, 0.29) is 0 Å². The number of hydrogen-bond acceptors (Lipinski definition) is 3. The molecular weight excluding hydrogens is 275 g/mol. The third-order valence-electron chi connectivity index (χ3n) is 2.17. The first-order chi connectivity index (χ1) is 8.16. The van der Waals surface area contributed by atoms with Crippen molar-refractivity contribution in [1.82, 2.24) is 4.98 Å². The third kappa shape index (κ3) is 3.28. The summed E-state index contributed by atoms with van der Waals surface area (Å²) in [7, 11) is 0. The second kappa shape index (κ2) is 5.63. The van der Waals surface area contributed by atoms with Gasteiger partial charge in [-0.15, -0.1) is 11.8 Å². The maximum atomic E-state index is 6.09. The molecule has 0 radical (unpaired) electrons. The maximum absolute atomic E-state index is 6.09. The van der Waals surface area contributed by atoms with Gasteiger partial charge in [0.25, 0.3) is 0 Å². The highest BCUT2D eigenvalue weighted by Crippen LogP contribution is 2.30. The lowest BCUT2D eigenvalue weighted by molar-refractivity contribution is 1.13. The molecule has 2 rings (SSSR count). The number of nitrogen functional groups attached to an aromatic ring is 1. The van der Waals surface area contributed by atoms with Crippen molar-refractivity contribution < 1.29 is 0 Å². The van der Waals surface area contributed by atoms with Crippen LogP contribution in [-0.2, 0) is 5.75 Å². The molecule has 2 nitrogen and oxygen atoms in total. The van der Waals surface area contributed by atoms with E-state index >= 15 is 0 Å². The molecule has 2 N–H and O–H groups in total. The van der Waals surface area contributed by atoms with E-state index in [4.69, 9.17) is 28.9 Å². The molecule has 0 bridgehead atoms. The molecule has 1 aromatic carbocycles. The van der Waals surface area contributed by atoms with E-state index in [0.29, 0.717) is 15.7 Å². The van der Waals surface area contributed by atoms with Gasteiger partial charge < -0.3 is 5.73 Å². The van der Waals surface area contributed by atoms with Crippen LogP contribution in [0.1, 0.15) is 5.56 Å². The standard InChI is InChI=1S/C12H10Cl2N2S/c13-10-2-1-5-16-12(10)17-7-8-3-4-9(15)6-11(8)14/h1-6H,7,15H2. The first-order valence-electron chi connectivity index (χ1n) is 4.94. The second-order valence-electron chi connectivity index (χ2n) is 3.43. The van der Waals surface area contributed by atoms with Gasteiger partial charge in [-0.3, -0.25) is 0 Å². The number of nitrogens with two attached hydrogens (primary N) is 1. The van der Waals surface area contributed by atoms with Gasteiger partial charge in [-0.05, 0) is 29.8 Å². The number of halogens is 2. The van der Waals surface area contributed by atoms with E-state index < -0.39 is 0 Å². The van der Waals surface area contributed by atoms with Crippen LogP contribution >= 0.6 is 35.0 Å². The molecule has 88 valence electrons. The van der Waals surface area contributed by atoms with Crippen molar-refractivity contribution in [3.05, 3.63) is 52.1 Å². The van der Waals surface area contributed by atoms with Crippen molar-refractivity contribution in [2.45, 2.75) is 10.8 Å². The second-order valence-corrected chi connectivity index (χ2v) is 5.21. The molecule has 1 aromatic heterocycles. The van der Waals surface area contributed by atoms with Crippen LogP contribution in [0.3, 0.4) is 0 Å². The summed E-state index contributed by atoms with van der Waals surface area (Å²) in [4.78, 5) is 4.20. The van der Waals surface area contributed by atoms with Gasteiger partial charge in [0, 0.05) is 22.7 Å². The van der Waals surface area contributed by atoms with Gasteiger partial charge in [0.2, 0.25) is 0 Å². The van der Waals surface area contributed by atoms with Crippen LogP contribution in [0.5, 0.6) is 0 Å². The lowest BCUT2D eigenvalue weighted by Gasteiger charge is -2.05. The minimum absolute atomic E-state index is 0.657. The van der Waals surface area contributed by atoms with Crippen LogP contribution in [0, 0.1) is 0 Å². The topological polar surface area (TPSA) is 38.9 Å². The number of hydrogen-bond donors (Lipinski definition) is 1. The minimum Gasteiger partial charge on any atom is -0.399 e. The largest absolute Gasteiger partial charge is 0.399 e. The predicted molar refractivity (Wildman–Crippen MR) is 74.7 cm³/mol. The zero-order chi connectivity index (χ0) is 12.3. The Morgan fingerprint density at radius 2 is 2.00 bits per heavy atom. The van der Waals surface area contributed by atoms with Gasteiger partial charge in [0.05, 0.1) is 5.02 Å². The van der Waals surface area contributed by atoms with Gasteiger partial charge in [0.15, 0.2) is 0 Å². The van der Waals surface area contributed by atoms with Gasteiger partial charge in [0.1, 0.15) is 5.03 Å². The number of rotatable bonds is 3. The molecule has 0 spiro atoms. The fourth-order valence-electron chi connectivity index (χ4n) is 1.30. The summed E-state index contributed by atoms with van der Waals surface area (Å²) in [6, 6.07) is 9.13. The molecular formula is C12H10Cl2N2S. The normalized spacial score (nSPS) is 10.5. The highest BCUT2D eigenvalue weighted by atomic mass is 35.5. The Bertz CT molecular complexity index is 532. The molecule has 2 aromatic rings. The molecule has 0 aliphatic heterocycles. The summed E-state index contributed by atoms with van der Waals surface area (Å²) in [6.45, 7) is 0. The van der Waals surface area contributed by atoms with Gasteiger partial charge in [-0.1, -0.05) is 29.3 Å². The van der Waals surface area contributed by atoms with Gasteiger partial charge in [-0.25, -0.2) is 4.98 Å². The van der Waals surface area contributed by atoms with E-state index in [0.717, 1.165) is 16.3 Å². The number of benzene rings is 1. The average molecular weight is 285 g/mol. The molecule has 0 fully saturated rings. The van der Waals surface area contributed by atoms with Crippen molar-refractivity contribution in [2.75, 3.05) is 5.73 Å². The first-order valence-corrected chi connectivity index (χ1v) is 6.68. The van der Waals surface area contributed by atoms with Crippen LogP contribution in [0.2, 0.25) is 10.0 Å². The molecule has 0 saturated carbocycles. The first kappa shape index (κ1) is 12.6. The zero-order valence-electron chi connectivity index (χ0n) is 8.86. The summed E-state index contributed by atoms with van der Waals surface area (Å²) in [5.41, 5.74) is 7.32. The Labute approximate surface area is 114 Å². The Balaban J connectivity index is 2.10. The molecule has 0 atom stereocenters. The Hall–Kier alpha value is -0.900. The molecule has 0 unspecified atom stereocenters. The minimum atomic E-state index is 0.657. The van der Waals surface area contributed by atoms with Crippen molar-refractivity contribution in [3.8, 4) is 0 Å². The maximum Gasteiger partial charge on any atom is 0.115 e. The number of anilines is 1. The molecule has 5 heteroatoms. The van der Waals surface area contributed by atoms with Crippen LogP contribution in [0.15, 0.2) is 41.6 Å². The van der Waals surface area contributed by atoms with Crippen LogP contribution in [-0.4, -0.2) is 4.98 Å². The molecule has 17 heavy (non-hydrogen) atoms. The highest BCUT2D eigenvalue weighted by Gasteiger charge is 2.05. The molecule has 0 aliphatic carbocycles. The summed E-state index contributed by atoms with van der Waals surface area (Å²) in [5.74, 6) is 0.718. The molecule has 0 aliphatic rings. The van der Waals surface area contributed by atoms with Crippen LogP contribution < -0.4 is 5.73 Å². The fraction of sp³-hybridized carbons (Fsp3) is 0.0833. The lowest BCUT2D eigenvalue weighted by Crippen LogP contribution is -1.89.